The first-order chi connectivity index (χ1) is 8.47. The van der Waals surface area contributed by atoms with Crippen LogP contribution in [0.2, 0.25) is 0 Å². The van der Waals surface area contributed by atoms with E-state index in [1.54, 1.807) is 6.92 Å². The highest BCUT2D eigenvalue weighted by Crippen LogP contribution is 2.37. The topological polar surface area (TPSA) is 105 Å². The fourth-order valence-electron chi connectivity index (χ4n) is 1.38. The van der Waals surface area contributed by atoms with Gasteiger partial charge in [-0.2, -0.15) is 0 Å². The lowest BCUT2D eigenvalue weighted by atomic mass is 10.2. The molecule has 0 radical (unpaired) electrons. The van der Waals surface area contributed by atoms with Crippen molar-refractivity contribution in [3.8, 4) is 5.75 Å². The highest BCUT2D eigenvalue weighted by Gasteiger charge is 2.27. The van der Waals surface area contributed by atoms with Crippen LogP contribution in [0, 0.1) is 27.2 Å². The summed E-state index contributed by atoms with van der Waals surface area (Å²) in [5.74, 6) is -0.340. The van der Waals surface area contributed by atoms with Crippen LogP contribution in [0.5, 0.6) is 5.75 Å². The maximum Gasteiger partial charge on any atom is 0.318 e. The third kappa shape index (κ3) is 3.14. The van der Waals surface area contributed by atoms with Crippen molar-refractivity contribution in [2.24, 2.45) is 0 Å². The molecule has 8 heteroatoms. The number of ether oxygens (including phenoxy) is 2. The van der Waals surface area contributed by atoms with Crippen LogP contribution in [0.1, 0.15) is 5.56 Å². The number of nitrogens with zero attached hydrogens (tertiary/aromatic N) is 2. The lowest BCUT2D eigenvalue weighted by Crippen LogP contribution is -2.08. The first-order valence-corrected chi connectivity index (χ1v) is 5.02. The van der Waals surface area contributed by atoms with E-state index in [-0.39, 0.29) is 19.0 Å². The Labute approximate surface area is 102 Å². The summed E-state index contributed by atoms with van der Waals surface area (Å²) in [7, 11) is 1.43. The molecule has 0 heterocycles. The molecule has 0 aliphatic carbocycles. The molecule has 98 valence electrons. The normalized spacial score (nSPS) is 10.1. The molecule has 8 nitrogen and oxygen atoms in total. The van der Waals surface area contributed by atoms with Crippen molar-refractivity contribution in [1.82, 2.24) is 0 Å². The van der Waals surface area contributed by atoms with E-state index in [2.05, 4.69) is 0 Å². The number of nitro benzene ring substituents is 2. The van der Waals surface area contributed by atoms with E-state index in [9.17, 15) is 20.2 Å². The van der Waals surface area contributed by atoms with E-state index in [1.807, 2.05) is 0 Å². The van der Waals surface area contributed by atoms with Gasteiger partial charge in [-0.1, -0.05) is 0 Å². The van der Waals surface area contributed by atoms with Crippen molar-refractivity contribution in [2.45, 2.75) is 6.92 Å². The molecule has 0 spiro atoms. The zero-order valence-corrected chi connectivity index (χ0v) is 9.91. The zero-order valence-electron chi connectivity index (χ0n) is 9.91. The molecule has 0 aliphatic rings. The van der Waals surface area contributed by atoms with E-state index in [0.717, 1.165) is 0 Å². The third-order valence-corrected chi connectivity index (χ3v) is 2.12. The van der Waals surface area contributed by atoms with Gasteiger partial charge in [-0.3, -0.25) is 20.2 Å². The highest BCUT2D eigenvalue weighted by atomic mass is 16.6. The van der Waals surface area contributed by atoms with Gasteiger partial charge in [0.1, 0.15) is 6.61 Å². The molecule has 0 aromatic heterocycles. The molecule has 1 aromatic carbocycles. The fourth-order valence-corrected chi connectivity index (χ4v) is 1.38. The van der Waals surface area contributed by atoms with Gasteiger partial charge >= 0.3 is 11.4 Å². The molecule has 0 fully saturated rings. The predicted molar refractivity (Wildman–Crippen MR) is 61.9 cm³/mol. The molecular weight excluding hydrogens is 244 g/mol. The summed E-state index contributed by atoms with van der Waals surface area (Å²) < 4.78 is 9.80. The Morgan fingerprint density at radius 1 is 1.11 bits per heavy atom. The summed E-state index contributed by atoms with van der Waals surface area (Å²) in [6.45, 7) is 1.72. The minimum atomic E-state index is -0.706. The first kappa shape index (κ1) is 13.8. The summed E-state index contributed by atoms with van der Waals surface area (Å²) >= 11 is 0. The summed E-state index contributed by atoms with van der Waals surface area (Å²) in [6, 6.07) is 2.46. The second-order valence-electron chi connectivity index (χ2n) is 3.49. The molecule has 1 aromatic rings. The second kappa shape index (κ2) is 5.92. The number of aryl methyl sites for hydroxylation is 1. The van der Waals surface area contributed by atoms with Crippen molar-refractivity contribution in [3.63, 3.8) is 0 Å². The van der Waals surface area contributed by atoms with Crippen LogP contribution in [0.15, 0.2) is 12.1 Å². The van der Waals surface area contributed by atoms with Crippen LogP contribution < -0.4 is 4.74 Å². The number of benzene rings is 1. The van der Waals surface area contributed by atoms with E-state index in [4.69, 9.17) is 9.47 Å². The fraction of sp³-hybridized carbons (Fsp3) is 0.400. The molecule has 0 aliphatic heterocycles. The molecule has 0 saturated carbocycles. The summed E-state index contributed by atoms with van der Waals surface area (Å²) in [4.78, 5) is 20.3. The Morgan fingerprint density at radius 2 is 1.61 bits per heavy atom. The van der Waals surface area contributed by atoms with Gasteiger partial charge in [-0.05, 0) is 12.5 Å². The summed E-state index contributed by atoms with van der Waals surface area (Å²) in [6.07, 6.45) is 0. The Morgan fingerprint density at radius 3 is 2.00 bits per heavy atom. The lowest BCUT2D eigenvalue weighted by molar-refractivity contribution is -0.396. The van der Waals surface area contributed by atoms with Crippen molar-refractivity contribution < 1.29 is 19.3 Å². The molecule has 0 unspecified atom stereocenters. The third-order valence-electron chi connectivity index (χ3n) is 2.12. The van der Waals surface area contributed by atoms with Gasteiger partial charge in [-0.25, -0.2) is 0 Å². The molecule has 0 bridgehead atoms. The maximum atomic E-state index is 10.9. The lowest BCUT2D eigenvalue weighted by Gasteiger charge is -2.07. The van der Waals surface area contributed by atoms with Gasteiger partial charge in [0.15, 0.2) is 0 Å². The van der Waals surface area contributed by atoms with Gasteiger partial charge in [-0.15, -0.1) is 0 Å². The summed E-state index contributed by atoms with van der Waals surface area (Å²) in [5, 5.41) is 21.7. The Balaban J connectivity index is 3.23. The van der Waals surface area contributed by atoms with Crippen molar-refractivity contribution in [2.75, 3.05) is 20.3 Å². The Bertz CT molecular complexity index is 438. The number of hydrogen-bond acceptors (Lipinski definition) is 6. The Kier molecular flexibility index (Phi) is 4.55. The largest absolute Gasteiger partial charge is 0.480 e. The molecule has 18 heavy (non-hydrogen) atoms. The SMILES string of the molecule is COCCOc1c([N+](=O)[O-])cc(C)cc1[N+](=O)[O-]. The van der Waals surface area contributed by atoms with Gasteiger partial charge in [0, 0.05) is 19.2 Å². The quantitative estimate of drug-likeness (QED) is 0.436. The number of rotatable bonds is 6. The highest BCUT2D eigenvalue weighted by molar-refractivity contribution is 5.61. The number of methoxy groups -OCH3 is 1. The van der Waals surface area contributed by atoms with Gasteiger partial charge in [0.05, 0.1) is 16.5 Å². The number of hydrogen-bond donors (Lipinski definition) is 0. The van der Waals surface area contributed by atoms with Crippen molar-refractivity contribution in [3.05, 3.63) is 37.9 Å². The second-order valence-corrected chi connectivity index (χ2v) is 3.49. The molecule has 0 amide bonds. The van der Waals surface area contributed by atoms with Crippen LogP contribution in [-0.2, 0) is 4.74 Å². The zero-order chi connectivity index (χ0) is 13.7. The van der Waals surface area contributed by atoms with Crippen LogP contribution in [-0.4, -0.2) is 30.2 Å². The van der Waals surface area contributed by atoms with Crippen LogP contribution >= 0.6 is 0 Å². The summed E-state index contributed by atoms with van der Waals surface area (Å²) in [5.41, 5.74) is -0.414. The monoisotopic (exact) mass is 256 g/mol. The van der Waals surface area contributed by atoms with E-state index >= 15 is 0 Å². The number of nitro groups is 2. The minimum absolute atomic E-state index is 0.00123. The van der Waals surface area contributed by atoms with E-state index < -0.39 is 21.2 Å². The van der Waals surface area contributed by atoms with Crippen molar-refractivity contribution in [1.29, 1.82) is 0 Å². The van der Waals surface area contributed by atoms with Gasteiger partial charge in [0.25, 0.3) is 5.75 Å². The van der Waals surface area contributed by atoms with Crippen LogP contribution in [0.25, 0.3) is 0 Å². The molecule has 0 N–H and O–H groups in total. The molecular formula is C10H12N2O6. The van der Waals surface area contributed by atoms with Crippen molar-refractivity contribution >= 4 is 11.4 Å². The van der Waals surface area contributed by atoms with E-state index in [0.29, 0.717) is 5.56 Å². The molecule has 0 atom stereocenters. The van der Waals surface area contributed by atoms with Crippen LogP contribution in [0.4, 0.5) is 11.4 Å². The maximum absolute atomic E-state index is 10.9. The average molecular weight is 256 g/mol. The van der Waals surface area contributed by atoms with Gasteiger partial charge < -0.3 is 9.47 Å². The minimum Gasteiger partial charge on any atom is -0.480 e. The smallest absolute Gasteiger partial charge is 0.318 e. The average Bonchev–Trinajstić information content (AvgIpc) is 2.30. The molecule has 0 saturated heterocycles. The molecule has 1 rings (SSSR count). The van der Waals surface area contributed by atoms with E-state index in [1.165, 1.54) is 19.2 Å². The first-order valence-electron chi connectivity index (χ1n) is 5.02. The Hall–Kier alpha value is -2.22. The van der Waals surface area contributed by atoms with Crippen LogP contribution in [0.3, 0.4) is 0 Å². The standard InChI is InChI=1S/C10H12N2O6/c1-7-5-8(11(13)14)10(18-4-3-17-2)9(6-7)12(15)16/h5-6H,3-4H2,1-2H3. The van der Waals surface area contributed by atoms with Gasteiger partial charge in [0.2, 0.25) is 0 Å². The predicted octanol–water partition coefficient (Wildman–Crippen LogP) is 1.84.